The van der Waals surface area contributed by atoms with Crippen LogP contribution >= 0.6 is 0 Å². The third kappa shape index (κ3) is 7.71. The highest BCUT2D eigenvalue weighted by Crippen LogP contribution is 2.25. The first kappa shape index (κ1) is 29.3. The number of esters is 1. The number of ether oxygens (including phenoxy) is 3. The summed E-state index contributed by atoms with van der Waals surface area (Å²) in [5, 5.41) is 3.52. The van der Waals surface area contributed by atoms with Gasteiger partial charge in [-0.15, -0.1) is 0 Å². The summed E-state index contributed by atoms with van der Waals surface area (Å²) in [7, 11) is 1.51. The number of aromatic nitrogens is 1. The Bertz CT molecular complexity index is 1370. The number of nitrogens with zero attached hydrogens (tertiary/aromatic N) is 3. The van der Waals surface area contributed by atoms with E-state index in [9.17, 15) is 19.2 Å². The summed E-state index contributed by atoms with van der Waals surface area (Å²) in [5.74, 6) is -0.942. The number of fused-ring (bicyclic) bond motifs is 1. The molecule has 3 aromatic rings. The SMILES string of the molecule is CCOC(=O)N1CCN(C(=O)C(CCC(=O)OCc2ccccc2)NC(=O)c2cc(OC)c3ccccc3n2)CC1. The zero-order valence-corrected chi connectivity index (χ0v) is 23.2. The van der Waals surface area contributed by atoms with Crippen LogP contribution in [-0.2, 0) is 25.7 Å². The number of methoxy groups -OCH3 is 1. The average molecular weight is 563 g/mol. The number of hydrogen-bond acceptors (Lipinski definition) is 8. The van der Waals surface area contributed by atoms with Gasteiger partial charge in [-0.2, -0.15) is 0 Å². The zero-order chi connectivity index (χ0) is 29.2. The van der Waals surface area contributed by atoms with Crippen molar-refractivity contribution in [3.63, 3.8) is 0 Å². The molecule has 216 valence electrons. The van der Waals surface area contributed by atoms with Crippen molar-refractivity contribution in [1.29, 1.82) is 0 Å². The Hall–Kier alpha value is -4.67. The fraction of sp³-hybridized carbons (Fsp3) is 0.367. The van der Waals surface area contributed by atoms with E-state index in [0.29, 0.717) is 24.4 Å². The topological polar surface area (TPSA) is 127 Å². The van der Waals surface area contributed by atoms with Crippen molar-refractivity contribution in [3.8, 4) is 5.75 Å². The second-order valence-corrected chi connectivity index (χ2v) is 9.45. The molecule has 2 heterocycles. The summed E-state index contributed by atoms with van der Waals surface area (Å²) in [5.41, 5.74) is 1.49. The summed E-state index contributed by atoms with van der Waals surface area (Å²) in [4.78, 5) is 59.1. The van der Waals surface area contributed by atoms with Gasteiger partial charge in [-0.05, 0) is 31.0 Å². The van der Waals surface area contributed by atoms with Gasteiger partial charge in [0.2, 0.25) is 5.91 Å². The van der Waals surface area contributed by atoms with Gasteiger partial charge in [0.15, 0.2) is 0 Å². The Kier molecular flexibility index (Phi) is 10.1. The number of piperazine rings is 1. The lowest BCUT2D eigenvalue weighted by Gasteiger charge is -2.36. The van der Waals surface area contributed by atoms with Crippen molar-refractivity contribution in [2.75, 3.05) is 39.9 Å². The fourth-order valence-corrected chi connectivity index (χ4v) is 4.54. The zero-order valence-electron chi connectivity index (χ0n) is 23.2. The molecule has 0 aliphatic carbocycles. The molecule has 1 saturated heterocycles. The molecular weight excluding hydrogens is 528 g/mol. The molecule has 11 nitrogen and oxygen atoms in total. The molecule has 2 aromatic carbocycles. The summed E-state index contributed by atoms with van der Waals surface area (Å²) in [6.45, 7) is 3.24. The minimum Gasteiger partial charge on any atom is -0.496 e. The summed E-state index contributed by atoms with van der Waals surface area (Å²) in [6.07, 6.45) is -0.483. The molecule has 11 heteroatoms. The Labute approximate surface area is 238 Å². The maximum absolute atomic E-state index is 13.6. The number of hydrogen-bond donors (Lipinski definition) is 1. The minimum absolute atomic E-state index is 0.0288. The van der Waals surface area contributed by atoms with E-state index in [1.165, 1.54) is 18.1 Å². The molecule has 41 heavy (non-hydrogen) atoms. The number of carbonyl (C=O) groups excluding carboxylic acids is 4. The van der Waals surface area contributed by atoms with Gasteiger partial charge in [0.25, 0.3) is 5.91 Å². The molecule has 1 unspecified atom stereocenters. The number of amides is 3. The maximum Gasteiger partial charge on any atom is 0.409 e. The van der Waals surface area contributed by atoms with Crippen LogP contribution in [0.2, 0.25) is 0 Å². The molecule has 3 amide bonds. The van der Waals surface area contributed by atoms with E-state index >= 15 is 0 Å². The molecule has 1 aliphatic heterocycles. The first-order chi connectivity index (χ1) is 19.9. The van der Waals surface area contributed by atoms with Crippen molar-refractivity contribution >= 4 is 34.8 Å². The van der Waals surface area contributed by atoms with Gasteiger partial charge < -0.3 is 29.3 Å². The summed E-state index contributed by atoms with van der Waals surface area (Å²) >= 11 is 0. The number of nitrogens with one attached hydrogen (secondary N) is 1. The van der Waals surface area contributed by atoms with Crippen LogP contribution in [0.15, 0.2) is 60.7 Å². The highest BCUT2D eigenvalue weighted by atomic mass is 16.6. The second-order valence-electron chi connectivity index (χ2n) is 9.45. The normalized spacial score (nSPS) is 13.8. The molecule has 0 saturated carbocycles. The molecule has 1 aromatic heterocycles. The first-order valence-corrected chi connectivity index (χ1v) is 13.5. The molecule has 1 fully saturated rings. The van der Waals surface area contributed by atoms with E-state index in [0.717, 1.165) is 10.9 Å². The predicted molar refractivity (Wildman–Crippen MR) is 150 cm³/mol. The van der Waals surface area contributed by atoms with Crippen LogP contribution in [0.25, 0.3) is 10.9 Å². The smallest absolute Gasteiger partial charge is 0.409 e. The number of carbonyl (C=O) groups is 4. The Morgan fingerprint density at radius 3 is 2.32 bits per heavy atom. The van der Waals surface area contributed by atoms with Crippen LogP contribution in [0.5, 0.6) is 5.75 Å². The number of pyridine rings is 1. The third-order valence-corrected chi connectivity index (χ3v) is 6.73. The second kappa shape index (κ2) is 14.1. The summed E-state index contributed by atoms with van der Waals surface area (Å²) < 4.78 is 15.9. The standard InChI is InChI=1S/C30H34N4O7/c1-3-40-30(38)34-17-15-33(16-18-34)29(37)24(13-14-27(35)41-20-21-9-5-4-6-10-21)32-28(36)25-19-26(39-2)22-11-7-8-12-23(22)31-25/h4-12,19,24H,3,13-18,20H2,1-2H3,(H,32,36). The number of para-hydroxylation sites is 1. The molecule has 1 atom stereocenters. The Morgan fingerprint density at radius 1 is 0.927 bits per heavy atom. The van der Waals surface area contributed by atoms with Gasteiger partial charge in [-0.1, -0.05) is 42.5 Å². The lowest BCUT2D eigenvalue weighted by atomic mass is 10.1. The Balaban J connectivity index is 1.46. The molecular formula is C30H34N4O7. The van der Waals surface area contributed by atoms with Gasteiger partial charge in [0.05, 0.1) is 19.2 Å². The highest BCUT2D eigenvalue weighted by Gasteiger charge is 2.31. The monoisotopic (exact) mass is 562 g/mol. The van der Waals surface area contributed by atoms with E-state index in [1.807, 2.05) is 42.5 Å². The highest BCUT2D eigenvalue weighted by molar-refractivity contribution is 5.99. The Morgan fingerprint density at radius 2 is 1.61 bits per heavy atom. The van der Waals surface area contributed by atoms with Gasteiger partial charge >= 0.3 is 12.1 Å². The number of benzene rings is 2. The van der Waals surface area contributed by atoms with Gasteiger partial charge in [0, 0.05) is 44.1 Å². The molecule has 0 radical (unpaired) electrons. The third-order valence-electron chi connectivity index (χ3n) is 6.73. The molecule has 1 aliphatic rings. The molecule has 1 N–H and O–H groups in total. The van der Waals surface area contributed by atoms with Crippen LogP contribution in [0, 0.1) is 0 Å². The van der Waals surface area contributed by atoms with E-state index in [1.54, 1.807) is 24.0 Å². The minimum atomic E-state index is -1.01. The predicted octanol–water partition coefficient (Wildman–Crippen LogP) is 3.17. The van der Waals surface area contributed by atoms with Crippen molar-refractivity contribution in [2.24, 2.45) is 0 Å². The van der Waals surface area contributed by atoms with Crippen LogP contribution in [-0.4, -0.2) is 84.6 Å². The summed E-state index contributed by atoms with van der Waals surface area (Å²) in [6, 6.07) is 17.0. The van der Waals surface area contributed by atoms with Crippen LogP contribution in [0.4, 0.5) is 4.79 Å². The van der Waals surface area contributed by atoms with Crippen molar-refractivity contribution in [3.05, 3.63) is 71.9 Å². The van der Waals surface area contributed by atoms with Gasteiger partial charge in [-0.3, -0.25) is 14.4 Å². The van der Waals surface area contributed by atoms with Crippen molar-refractivity contribution in [1.82, 2.24) is 20.1 Å². The van der Waals surface area contributed by atoms with Crippen molar-refractivity contribution < 1.29 is 33.4 Å². The van der Waals surface area contributed by atoms with Crippen LogP contribution in [0.3, 0.4) is 0 Å². The van der Waals surface area contributed by atoms with Crippen LogP contribution < -0.4 is 10.1 Å². The largest absolute Gasteiger partial charge is 0.496 e. The lowest BCUT2D eigenvalue weighted by molar-refractivity contribution is -0.145. The quantitative estimate of drug-likeness (QED) is 0.374. The average Bonchev–Trinajstić information content (AvgIpc) is 3.01. The molecule has 0 spiro atoms. The van der Waals surface area contributed by atoms with Gasteiger partial charge in [0.1, 0.15) is 24.1 Å². The van der Waals surface area contributed by atoms with E-state index in [4.69, 9.17) is 14.2 Å². The number of rotatable bonds is 10. The van der Waals surface area contributed by atoms with Crippen molar-refractivity contribution in [2.45, 2.75) is 32.4 Å². The molecule has 4 rings (SSSR count). The van der Waals surface area contributed by atoms with Gasteiger partial charge in [-0.25, -0.2) is 9.78 Å². The van der Waals surface area contributed by atoms with E-state index < -0.39 is 24.0 Å². The lowest BCUT2D eigenvalue weighted by Crippen LogP contribution is -2.56. The van der Waals surface area contributed by atoms with Crippen LogP contribution in [0.1, 0.15) is 35.8 Å². The van der Waals surface area contributed by atoms with E-state index in [2.05, 4.69) is 10.3 Å². The molecule has 0 bridgehead atoms. The maximum atomic E-state index is 13.6. The first-order valence-electron chi connectivity index (χ1n) is 13.5. The fourth-order valence-electron chi connectivity index (χ4n) is 4.54. The van der Waals surface area contributed by atoms with E-state index in [-0.39, 0.29) is 50.7 Å².